The number of fused-ring (bicyclic) bond motifs is 1. The van der Waals surface area contributed by atoms with Crippen molar-refractivity contribution in [3.8, 4) is 11.5 Å². The molecule has 29 heavy (non-hydrogen) atoms. The first-order valence-corrected chi connectivity index (χ1v) is 12.1. The van der Waals surface area contributed by atoms with Crippen LogP contribution in [0, 0.1) is 0 Å². The average Bonchev–Trinajstić information content (AvgIpc) is 2.90. The van der Waals surface area contributed by atoms with Crippen molar-refractivity contribution in [2.24, 2.45) is 0 Å². The van der Waals surface area contributed by atoms with Gasteiger partial charge in [0.2, 0.25) is 0 Å². The van der Waals surface area contributed by atoms with E-state index in [9.17, 15) is 0 Å². The normalized spacial score (nSPS) is 16.8. The number of nitrogens with zero attached hydrogens (tertiary/aromatic N) is 1. The number of allylic oxidation sites excluding steroid dienone is 1. The second-order valence-electron chi connectivity index (χ2n) is 8.30. The molecule has 1 aliphatic rings. The number of likely N-dealkylation sites (N-methyl/N-ethyl adjacent to an activating group) is 1. The maximum atomic E-state index is 5.49. The van der Waals surface area contributed by atoms with Gasteiger partial charge in [0, 0.05) is 0 Å². The molecule has 3 rings (SSSR count). The van der Waals surface area contributed by atoms with Gasteiger partial charge in [-0.2, -0.15) is 0 Å². The van der Waals surface area contributed by atoms with Crippen molar-refractivity contribution in [1.82, 2.24) is 0 Å². The van der Waals surface area contributed by atoms with E-state index in [1.54, 1.807) is 14.2 Å². The van der Waals surface area contributed by atoms with E-state index >= 15 is 0 Å². The molecular weight excluding hydrogens is 475 g/mol. The molecule has 0 saturated carbocycles. The number of benzene rings is 2. The summed E-state index contributed by atoms with van der Waals surface area (Å²) in [5, 5.41) is 3.35. The summed E-state index contributed by atoms with van der Waals surface area (Å²) < 4.78 is 13.5. The standard InChI is InChI=1S/C24H32IN2O2/c1-23(2)19-14-17(29-8)10-12-21(19)27(6)22(23)15-25-24(3,4)18-13-16(28-7)9-11-20(18)26-5/h9-15,26H,1-8H3/q-1. The van der Waals surface area contributed by atoms with Gasteiger partial charge in [-0.15, -0.1) is 0 Å². The Hall–Kier alpha value is -1.89. The monoisotopic (exact) mass is 507 g/mol. The molecule has 0 atom stereocenters. The van der Waals surface area contributed by atoms with Crippen molar-refractivity contribution in [3.05, 3.63) is 57.3 Å². The fourth-order valence-electron chi connectivity index (χ4n) is 3.94. The first-order chi connectivity index (χ1) is 13.7. The Labute approximate surface area is 185 Å². The Morgan fingerprint density at radius 1 is 1.03 bits per heavy atom. The molecule has 158 valence electrons. The maximum absolute atomic E-state index is 5.49. The average molecular weight is 507 g/mol. The van der Waals surface area contributed by atoms with Crippen LogP contribution in [0.1, 0.15) is 38.8 Å². The molecule has 1 heterocycles. The van der Waals surface area contributed by atoms with Gasteiger partial charge in [-0.25, -0.2) is 0 Å². The molecule has 1 aliphatic heterocycles. The number of alkyl halides is 1. The van der Waals surface area contributed by atoms with Crippen LogP contribution in [0.2, 0.25) is 0 Å². The Morgan fingerprint density at radius 2 is 1.66 bits per heavy atom. The number of nitrogens with one attached hydrogen (secondary N) is 1. The molecule has 0 aliphatic carbocycles. The topological polar surface area (TPSA) is 33.7 Å². The predicted octanol–water partition coefficient (Wildman–Crippen LogP) is 2.34. The van der Waals surface area contributed by atoms with Crippen LogP contribution in [-0.4, -0.2) is 28.3 Å². The van der Waals surface area contributed by atoms with Crippen molar-refractivity contribution >= 4 is 11.4 Å². The van der Waals surface area contributed by atoms with Gasteiger partial charge in [-0.05, 0) is 0 Å². The number of rotatable bonds is 6. The molecule has 0 aromatic heterocycles. The zero-order valence-electron chi connectivity index (χ0n) is 18.7. The van der Waals surface area contributed by atoms with E-state index in [-0.39, 0.29) is 30.0 Å². The Bertz CT molecular complexity index is 934. The Morgan fingerprint density at radius 3 is 2.28 bits per heavy atom. The van der Waals surface area contributed by atoms with Crippen LogP contribution in [0.25, 0.3) is 0 Å². The summed E-state index contributed by atoms with van der Waals surface area (Å²) in [7, 11) is 7.61. The third-order valence-electron chi connectivity index (χ3n) is 5.81. The van der Waals surface area contributed by atoms with E-state index < -0.39 is 0 Å². The molecule has 0 unspecified atom stereocenters. The van der Waals surface area contributed by atoms with Crippen molar-refractivity contribution in [2.75, 3.05) is 38.5 Å². The van der Waals surface area contributed by atoms with Crippen LogP contribution in [-0.2, 0) is 8.84 Å². The minimum atomic E-state index is -0.287. The molecule has 5 heteroatoms. The summed E-state index contributed by atoms with van der Waals surface area (Å²) >= 11 is -0.287. The third-order valence-corrected chi connectivity index (χ3v) is 8.85. The number of halogens is 1. The van der Waals surface area contributed by atoms with Crippen molar-refractivity contribution in [1.29, 1.82) is 0 Å². The molecule has 0 bridgehead atoms. The summed E-state index contributed by atoms with van der Waals surface area (Å²) in [6, 6.07) is 12.7. The van der Waals surface area contributed by atoms with Gasteiger partial charge in [-0.1, -0.05) is 0 Å². The first-order valence-electron chi connectivity index (χ1n) is 9.79. The second kappa shape index (κ2) is 8.09. The first kappa shape index (κ1) is 21.8. The fraction of sp³-hybridized carbons (Fsp3) is 0.417. The predicted molar refractivity (Wildman–Crippen MR) is 118 cm³/mol. The molecule has 1 N–H and O–H groups in total. The van der Waals surface area contributed by atoms with Crippen LogP contribution in [0.4, 0.5) is 11.4 Å². The van der Waals surface area contributed by atoms with E-state index in [0.29, 0.717) is 0 Å². The Balaban J connectivity index is 1.97. The number of anilines is 2. The van der Waals surface area contributed by atoms with Gasteiger partial charge in [0.05, 0.1) is 0 Å². The molecule has 2 aromatic rings. The molecule has 0 amide bonds. The fourth-order valence-corrected chi connectivity index (χ4v) is 6.99. The van der Waals surface area contributed by atoms with Gasteiger partial charge in [0.15, 0.2) is 0 Å². The summed E-state index contributed by atoms with van der Waals surface area (Å²) in [5.41, 5.74) is 6.39. The quantitative estimate of drug-likeness (QED) is 0.481. The summed E-state index contributed by atoms with van der Waals surface area (Å²) in [4.78, 5) is 2.34. The van der Waals surface area contributed by atoms with Gasteiger partial charge in [0.25, 0.3) is 0 Å². The minimum absolute atomic E-state index is 0.0470. The van der Waals surface area contributed by atoms with Crippen LogP contribution >= 0.6 is 0 Å². The Kier molecular flexibility index (Phi) is 6.08. The zero-order valence-corrected chi connectivity index (χ0v) is 20.8. The third kappa shape index (κ3) is 3.93. The SMILES string of the molecule is CNc1ccc(OC)cc1C(C)(C)[I-]C=C1N(C)c2ccc(OC)cc2C1(C)C. The van der Waals surface area contributed by atoms with Crippen LogP contribution in [0.15, 0.2) is 46.2 Å². The molecule has 0 spiro atoms. The van der Waals surface area contributed by atoms with Gasteiger partial charge < -0.3 is 0 Å². The van der Waals surface area contributed by atoms with E-state index in [0.717, 1.165) is 11.5 Å². The zero-order chi connectivity index (χ0) is 21.4. The summed E-state index contributed by atoms with van der Waals surface area (Å²) in [6.45, 7) is 9.29. The second-order valence-corrected chi connectivity index (χ2v) is 12.2. The number of hydrogen-bond donors (Lipinski definition) is 1. The van der Waals surface area contributed by atoms with E-state index in [1.165, 1.54) is 28.2 Å². The number of methoxy groups -OCH3 is 2. The summed E-state index contributed by atoms with van der Waals surface area (Å²) in [5.74, 6) is 1.82. The van der Waals surface area contributed by atoms with Crippen molar-refractivity contribution in [2.45, 2.75) is 36.5 Å². The number of hydrogen-bond acceptors (Lipinski definition) is 4. The van der Waals surface area contributed by atoms with Gasteiger partial charge >= 0.3 is 186 Å². The van der Waals surface area contributed by atoms with Gasteiger partial charge in [-0.3, -0.25) is 0 Å². The molecule has 0 radical (unpaired) electrons. The molecule has 0 fully saturated rings. The molecule has 2 aromatic carbocycles. The van der Waals surface area contributed by atoms with E-state index in [2.05, 4.69) is 73.3 Å². The van der Waals surface area contributed by atoms with E-state index in [1.807, 2.05) is 19.2 Å². The van der Waals surface area contributed by atoms with Crippen LogP contribution in [0.3, 0.4) is 0 Å². The molecular formula is C24H32IN2O2-. The van der Waals surface area contributed by atoms with Crippen molar-refractivity contribution < 1.29 is 30.7 Å². The number of ether oxygens (including phenoxy) is 2. The van der Waals surface area contributed by atoms with Crippen molar-refractivity contribution in [3.63, 3.8) is 0 Å². The molecule has 4 nitrogen and oxygen atoms in total. The summed E-state index contributed by atoms with van der Waals surface area (Å²) in [6.07, 6.45) is 0. The van der Waals surface area contributed by atoms with Gasteiger partial charge in [0.1, 0.15) is 0 Å². The van der Waals surface area contributed by atoms with Crippen LogP contribution < -0.4 is 40.9 Å². The van der Waals surface area contributed by atoms with E-state index in [4.69, 9.17) is 9.47 Å². The molecule has 0 saturated heterocycles. The van der Waals surface area contributed by atoms with Crippen LogP contribution in [0.5, 0.6) is 11.5 Å².